The average molecular weight is 355 g/mol. The van der Waals surface area contributed by atoms with Gasteiger partial charge in [0.05, 0.1) is 5.69 Å². The van der Waals surface area contributed by atoms with E-state index in [1.807, 2.05) is 63.2 Å². The van der Waals surface area contributed by atoms with E-state index in [0.717, 1.165) is 47.7 Å². The van der Waals surface area contributed by atoms with Crippen molar-refractivity contribution in [2.24, 2.45) is 5.73 Å². The summed E-state index contributed by atoms with van der Waals surface area (Å²) in [5.74, 6) is 0. The highest BCUT2D eigenvalue weighted by atomic mass is 16.6. The molecule has 1 heterocycles. The number of hydrogen-bond acceptors (Lipinski definition) is 4. The first kappa shape index (κ1) is 18.6. The number of carbonyl (C=O) groups excluding carboxylic acids is 1. The van der Waals surface area contributed by atoms with Crippen LogP contribution in [0.25, 0.3) is 10.8 Å². The fraction of sp³-hybridized carbons (Fsp3) is 0.524. The quantitative estimate of drug-likeness (QED) is 0.858. The van der Waals surface area contributed by atoms with Crippen LogP contribution in [-0.4, -0.2) is 28.8 Å². The second kappa shape index (κ2) is 7.23. The van der Waals surface area contributed by atoms with Crippen molar-refractivity contribution in [1.82, 2.24) is 4.98 Å². The van der Waals surface area contributed by atoms with Crippen molar-refractivity contribution in [3.05, 3.63) is 36.2 Å². The van der Waals surface area contributed by atoms with Crippen molar-refractivity contribution in [2.45, 2.75) is 71.1 Å². The Kier molecular flexibility index (Phi) is 5.19. The van der Waals surface area contributed by atoms with Gasteiger partial charge in [-0.1, -0.05) is 12.1 Å². The number of amides is 1. The molecule has 1 aromatic heterocycles. The van der Waals surface area contributed by atoms with Crippen molar-refractivity contribution in [3.63, 3.8) is 0 Å². The molecule has 140 valence electrons. The van der Waals surface area contributed by atoms with Crippen molar-refractivity contribution in [1.29, 1.82) is 0 Å². The molecule has 2 N–H and O–H groups in total. The Morgan fingerprint density at radius 2 is 1.88 bits per heavy atom. The van der Waals surface area contributed by atoms with Crippen LogP contribution in [0, 0.1) is 6.92 Å². The lowest BCUT2D eigenvalue weighted by Crippen LogP contribution is -2.46. The fourth-order valence-corrected chi connectivity index (χ4v) is 3.70. The number of aromatic nitrogens is 1. The molecule has 0 unspecified atom stereocenters. The maximum Gasteiger partial charge on any atom is 0.415 e. The summed E-state index contributed by atoms with van der Waals surface area (Å²) in [6, 6.07) is 6.34. The largest absolute Gasteiger partial charge is 0.443 e. The van der Waals surface area contributed by atoms with Crippen LogP contribution in [0.1, 0.15) is 52.0 Å². The number of ether oxygens (including phenoxy) is 1. The van der Waals surface area contributed by atoms with Crippen LogP contribution in [0.4, 0.5) is 10.5 Å². The van der Waals surface area contributed by atoms with E-state index in [0.29, 0.717) is 0 Å². The van der Waals surface area contributed by atoms with Gasteiger partial charge in [-0.2, -0.15) is 0 Å². The molecule has 0 atom stereocenters. The number of fused-ring (bicyclic) bond motifs is 1. The van der Waals surface area contributed by atoms with Crippen molar-refractivity contribution >= 4 is 22.6 Å². The molecule has 1 aliphatic rings. The van der Waals surface area contributed by atoms with Crippen LogP contribution in [0.3, 0.4) is 0 Å². The summed E-state index contributed by atoms with van der Waals surface area (Å²) in [7, 11) is 0. The first-order chi connectivity index (χ1) is 12.3. The number of pyridine rings is 1. The number of hydrogen-bond donors (Lipinski definition) is 1. The zero-order chi connectivity index (χ0) is 18.9. The summed E-state index contributed by atoms with van der Waals surface area (Å²) in [5, 5.41) is 2.09. The third-order valence-electron chi connectivity index (χ3n) is 4.91. The SMILES string of the molecule is Cc1cncc2cccc(N(C(=O)OC(C)(C)C)[C@H]3CC[C@H](N)CC3)c12. The van der Waals surface area contributed by atoms with E-state index in [1.165, 1.54) is 0 Å². The molecule has 0 radical (unpaired) electrons. The second-order valence-corrected chi connectivity index (χ2v) is 8.25. The van der Waals surface area contributed by atoms with Gasteiger partial charge in [-0.25, -0.2) is 4.79 Å². The van der Waals surface area contributed by atoms with E-state index in [1.54, 1.807) is 0 Å². The van der Waals surface area contributed by atoms with Gasteiger partial charge in [0.15, 0.2) is 0 Å². The molecule has 5 nitrogen and oxygen atoms in total. The molecular weight excluding hydrogens is 326 g/mol. The summed E-state index contributed by atoms with van der Waals surface area (Å²) >= 11 is 0. The summed E-state index contributed by atoms with van der Waals surface area (Å²) in [4.78, 5) is 19.3. The van der Waals surface area contributed by atoms with Crippen LogP contribution < -0.4 is 10.6 Å². The number of nitrogens with zero attached hydrogens (tertiary/aromatic N) is 2. The molecule has 1 aromatic carbocycles. The zero-order valence-electron chi connectivity index (χ0n) is 16.2. The fourth-order valence-electron chi connectivity index (χ4n) is 3.70. The number of nitrogens with two attached hydrogens (primary N) is 1. The first-order valence-electron chi connectivity index (χ1n) is 9.37. The summed E-state index contributed by atoms with van der Waals surface area (Å²) < 4.78 is 5.76. The van der Waals surface area contributed by atoms with Gasteiger partial charge in [-0.3, -0.25) is 9.88 Å². The Bertz CT molecular complexity index is 784. The molecule has 0 spiro atoms. The molecular formula is C21H29N3O2. The first-order valence-corrected chi connectivity index (χ1v) is 9.37. The van der Waals surface area contributed by atoms with Crippen LogP contribution in [-0.2, 0) is 4.74 Å². The monoisotopic (exact) mass is 355 g/mol. The Labute approximate surface area is 155 Å². The summed E-state index contributed by atoms with van der Waals surface area (Å²) in [5.41, 5.74) is 7.50. The molecule has 1 amide bonds. The Morgan fingerprint density at radius 3 is 2.54 bits per heavy atom. The van der Waals surface area contributed by atoms with Crippen LogP contribution >= 0.6 is 0 Å². The van der Waals surface area contributed by atoms with Gasteiger partial charge >= 0.3 is 6.09 Å². The molecule has 1 aliphatic carbocycles. The topological polar surface area (TPSA) is 68.5 Å². The van der Waals surface area contributed by atoms with Gasteiger partial charge in [-0.15, -0.1) is 0 Å². The maximum absolute atomic E-state index is 13.2. The van der Waals surface area contributed by atoms with Gasteiger partial charge in [-0.05, 0) is 65.0 Å². The van der Waals surface area contributed by atoms with Gasteiger partial charge in [0.1, 0.15) is 5.60 Å². The lowest BCUT2D eigenvalue weighted by molar-refractivity contribution is 0.0557. The second-order valence-electron chi connectivity index (χ2n) is 8.25. The van der Waals surface area contributed by atoms with Gasteiger partial charge in [0, 0.05) is 35.2 Å². The summed E-state index contributed by atoms with van der Waals surface area (Å²) in [6.45, 7) is 7.73. The van der Waals surface area contributed by atoms with Gasteiger partial charge in [0.25, 0.3) is 0 Å². The minimum atomic E-state index is -0.540. The predicted molar refractivity (Wildman–Crippen MR) is 105 cm³/mol. The van der Waals surface area contributed by atoms with Crippen LogP contribution in [0.5, 0.6) is 0 Å². The maximum atomic E-state index is 13.2. The van der Waals surface area contributed by atoms with Gasteiger partial charge in [0.2, 0.25) is 0 Å². The number of rotatable bonds is 2. The molecule has 26 heavy (non-hydrogen) atoms. The van der Waals surface area contributed by atoms with E-state index in [-0.39, 0.29) is 18.2 Å². The Balaban J connectivity index is 2.07. The minimum Gasteiger partial charge on any atom is -0.443 e. The highest BCUT2D eigenvalue weighted by Gasteiger charge is 2.33. The Hall–Kier alpha value is -2.14. The molecule has 0 aliphatic heterocycles. The molecule has 5 heteroatoms. The van der Waals surface area contributed by atoms with E-state index in [2.05, 4.69) is 4.98 Å². The number of anilines is 1. The standard InChI is InChI=1S/C21H29N3O2/c1-14-12-23-13-15-6-5-7-18(19(14)15)24(20(25)26-21(2,3)4)17-10-8-16(22)9-11-17/h5-7,12-13,16-17H,8-11,22H2,1-4H3/t16-,17-. The van der Waals surface area contributed by atoms with E-state index < -0.39 is 5.60 Å². The number of benzene rings is 1. The van der Waals surface area contributed by atoms with Gasteiger partial charge < -0.3 is 10.5 Å². The summed E-state index contributed by atoms with van der Waals surface area (Å²) in [6.07, 6.45) is 7.03. The molecule has 1 fully saturated rings. The average Bonchev–Trinajstić information content (AvgIpc) is 2.55. The molecule has 3 rings (SSSR count). The van der Waals surface area contributed by atoms with Crippen LogP contribution in [0.2, 0.25) is 0 Å². The molecule has 2 aromatic rings. The third-order valence-corrected chi connectivity index (χ3v) is 4.91. The van der Waals surface area contributed by atoms with Crippen molar-refractivity contribution < 1.29 is 9.53 Å². The lowest BCUT2D eigenvalue weighted by Gasteiger charge is -2.37. The predicted octanol–water partition coefficient (Wildman–Crippen LogP) is 4.55. The van der Waals surface area contributed by atoms with E-state index in [9.17, 15) is 4.79 Å². The lowest BCUT2D eigenvalue weighted by atomic mass is 9.90. The zero-order valence-corrected chi connectivity index (χ0v) is 16.2. The number of aryl methyl sites for hydroxylation is 1. The van der Waals surface area contributed by atoms with Crippen LogP contribution in [0.15, 0.2) is 30.6 Å². The van der Waals surface area contributed by atoms with E-state index in [4.69, 9.17) is 10.5 Å². The number of carbonyl (C=O) groups is 1. The van der Waals surface area contributed by atoms with Crippen molar-refractivity contribution in [3.8, 4) is 0 Å². The highest BCUT2D eigenvalue weighted by molar-refractivity contribution is 6.03. The molecule has 0 bridgehead atoms. The smallest absolute Gasteiger partial charge is 0.415 e. The molecule has 1 saturated carbocycles. The highest BCUT2D eigenvalue weighted by Crippen LogP contribution is 2.35. The van der Waals surface area contributed by atoms with E-state index >= 15 is 0 Å². The third kappa shape index (κ3) is 3.98. The Morgan fingerprint density at radius 1 is 1.19 bits per heavy atom. The normalized spacial score (nSPS) is 20.8. The van der Waals surface area contributed by atoms with Crippen molar-refractivity contribution in [2.75, 3.05) is 4.90 Å². The minimum absolute atomic E-state index is 0.0998. The molecule has 0 saturated heterocycles.